The Morgan fingerprint density at radius 2 is 2.04 bits per heavy atom. The molecule has 1 aromatic carbocycles. The Labute approximate surface area is 147 Å². The molecule has 1 aliphatic carbocycles. The fraction of sp³-hybridized carbons (Fsp3) is 0.250. The van der Waals surface area contributed by atoms with E-state index in [1.165, 1.54) is 35.5 Å². The minimum atomic E-state index is -0.354. The number of rotatable bonds is 3. The van der Waals surface area contributed by atoms with Crippen LogP contribution in [-0.4, -0.2) is 13.0 Å². The molecule has 1 aromatic heterocycles. The van der Waals surface area contributed by atoms with Crippen LogP contribution in [0, 0.1) is 11.3 Å². The van der Waals surface area contributed by atoms with Gasteiger partial charge in [0.05, 0.1) is 22.7 Å². The van der Waals surface area contributed by atoms with Gasteiger partial charge in [-0.15, -0.1) is 11.3 Å². The molecule has 1 amide bonds. The number of amides is 1. The van der Waals surface area contributed by atoms with Crippen LogP contribution in [-0.2, 0) is 12.8 Å². The lowest BCUT2D eigenvalue weighted by molar-refractivity contribution is 0.102. The van der Waals surface area contributed by atoms with Crippen LogP contribution in [0.2, 0.25) is 10.0 Å². The van der Waals surface area contributed by atoms with Gasteiger partial charge >= 0.3 is 0 Å². The van der Waals surface area contributed by atoms with E-state index in [4.69, 9.17) is 27.9 Å². The molecule has 0 radical (unpaired) electrons. The highest BCUT2D eigenvalue weighted by atomic mass is 35.5. The van der Waals surface area contributed by atoms with Crippen molar-refractivity contribution in [2.24, 2.45) is 0 Å². The molecule has 0 aliphatic heterocycles. The summed E-state index contributed by atoms with van der Waals surface area (Å²) < 4.78 is 5.07. The van der Waals surface area contributed by atoms with E-state index in [1.54, 1.807) is 0 Å². The normalized spacial score (nSPS) is 12.6. The Kier molecular flexibility index (Phi) is 4.49. The fourth-order valence-electron chi connectivity index (χ4n) is 2.67. The molecule has 0 spiro atoms. The van der Waals surface area contributed by atoms with E-state index in [9.17, 15) is 10.1 Å². The number of carbonyl (C=O) groups is 1. The molecule has 0 bridgehead atoms. The van der Waals surface area contributed by atoms with Gasteiger partial charge in [0, 0.05) is 10.4 Å². The molecule has 1 N–H and O–H groups in total. The van der Waals surface area contributed by atoms with Gasteiger partial charge in [0.25, 0.3) is 5.91 Å². The summed E-state index contributed by atoms with van der Waals surface area (Å²) in [4.78, 5) is 13.6. The molecule has 4 nitrogen and oxygen atoms in total. The Balaban J connectivity index is 1.90. The van der Waals surface area contributed by atoms with Crippen molar-refractivity contribution in [2.75, 3.05) is 12.4 Å². The summed E-state index contributed by atoms with van der Waals surface area (Å²) in [6.45, 7) is 0. The molecule has 1 aliphatic rings. The summed E-state index contributed by atoms with van der Waals surface area (Å²) >= 11 is 13.6. The van der Waals surface area contributed by atoms with E-state index < -0.39 is 0 Å². The van der Waals surface area contributed by atoms with Crippen LogP contribution in [0.15, 0.2) is 12.1 Å². The number of nitrogens with zero attached hydrogens (tertiary/aromatic N) is 1. The van der Waals surface area contributed by atoms with Gasteiger partial charge in [-0.3, -0.25) is 4.79 Å². The minimum Gasteiger partial charge on any atom is -0.494 e. The van der Waals surface area contributed by atoms with Gasteiger partial charge in [0.1, 0.15) is 11.1 Å². The van der Waals surface area contributed by atoms with Crippen molar-refractivity contribution in [3.63, 3.8) is 0 Å². The van der Waals surface area contributed by atoms with Crippen molar-refractivity contribution in [2.45, 2.75) is 19.3 Å². The van der Waals surface area contributed by atoms with Crippen molar-refractivity contribution in [1.82, 2.24) is 0 Å². The highest BCUT2D eigenvalue weighted by molar-refractivity contribution is 7.16. The predicted octanol–water partition coefficient (Wildman–Crippen LogP) is 4.68. The van der Waals surface area contributed by atoms with Crippen LogP contribution < -0.4 is 10.1 Å². The first-order valence-corrected chi connectivity index (χ1v) is 8.51. The summed E-state index contributed by atoms with van der Waals surface area (Å²) in [5.74, 6) is -0.0226. The first-order valence-electron chi connectivity index (χ1n) is 6.94. The lowest BCUT2D eigenvalue weighted by Gasteiger charge is -2.09. The minimum absolute atomic E-state index is 0.263. The smallest absolute Gasteiger partial charge is 0.256 e. The summed E-state index contributed by atoms with van der Waals surface area (Å²) in [5.41, 5.74) is 1.96. The zero-order valence-corrected chi connectivity index (χ0v) is 14.5. The van der Waals surface area contributed by atoms with Crippen LogP contribution in [0.5, 0.6) is 5.75 Å². The largest absolute Gasteiger partial charge is 0.494 e. The molecule has 3 rings (SSSR count). The molecule has 0 atom stereocenters. The van der Waals surface area contributed by atoms with Crippen LogP contribution in [0.25, 0.3) is 0 Å². The van der Waals surface area contributed by atoms with Crippen molar-refractivity contribution < 1.29 is 9.53 Å². The lowest BCUT2D eigenvalue weighted by atomic mass is 10.1. The number of benzene rings is 1. The molecule has 0 fully saturated rings. The first-order chi connectivity index (χ1) is 11.0. The number of hydrogen-bond donors (Lipinski definition) is 1. The Morgan fingerprint density at radius 1 is 1.35 bits per heavy atom. The summed E-state index contributed by atoms with van der Waals surface area (Å²) in [7, 11) is 1.46. The molecule has 1 heterocycles. The average molecular weight is 367 g/mol. The van der Waals surface area contributed by atoms with Gasteiger partial charge in [0.15, 0.2) is 5.75 Å². The number of thiophene rings is 1. The first kappa shape index (κ1) is 16.1. The zero-order valence-electron chi connectivity index (χ0n) is 12.2. The SMILES string of the molecule is COc1c(Cl)cc(C(=O)Nc2sc3c(c2C#N)CCC3)cc1Cl. The third-order valence-electron chi connectivity index (χ3n) is 3.72. The number of nitrogens with one attached hydrogen (secondary N) is 1. The molecule has 0 saturated carbocycles. The third kappa shape index (κ3) is 2.90. The molecular weight excluding hydrogens is 355 g/mol. The highest BCUT2D eigenvalue weighted by Crippen LogP contribution is 2.39. The second-order valence-electron chi connectivity index (χ2n) is 5.10. The van der Waals surface area contributed by atoms with Gasteiger partial charge < -0.3 is 10.1 Å². The number of methoxy groups -OCH3 is 1. The second-order valence-corrected chi connectivity index (χ2v) is 7.02. The molecule has 23 heavy (non-hydrogen) atoms. The molecule has 2 aromatic rings. The number of ether oxygens (including phenoxy) is 1. The Morgan fingerprint density at radius 3 is 2.65 bits per heavy atom. The van der Waals surface area contributed by atoms with E-state index in [1.807, 2.05) is 0 Å². The fourth-order valence-corrected chi connectivity index (χ4v) is 4.55. The zero-order chi connectivity index (χ0) is 16.6. The molecular formula is C16H12Cl2N2O2S. The quantitative estimate of drug-likeness (QED) is 0.857. The molecule has 7 heteroatoms. The van der Waals surface area contributed by atoms with Gasteiger partial charge in [-0.05, 0) is 37.0 Å². The molecule has 118 valence electrons. The summed E-state index contributed by atoms with van der Waals surface area (Å²) in [6.07, 6.45) is 2.92. The van der Waals surface area contributed by atoms with E-state index in [0.717, 1.165) is 24.8 Å². The third-order valence-corrected chi connectivity index (χ3v) is 5.49. The number of aryl methyl sites for hydroxylation is 1. The number of carbonyl (C=O) groups excluding carboxylic acids is 1. The maximum atomic E-state index is 12.4. The molecule has 0 unspecified atom stereocenters. The van der Waals surface area contributed by atoms with Gasteiger partial charge in [0.2, 0.25) is 0 Å². The second kappa shape index (κ2) is 6.40. The van der Waals surface area contributed by atoms with E-state index >= 15 is 0 Å². The van der Waals surface area contributed by atoms with Crippen LogP contribution >= 0.6 is 34.5 Å². The van der Waals surface area contributed by atoms with E-state index in [-0.39, 0.29) is 16.0 Å². The van der Waals surface area contributed by atoms with E-state index in [0.29, 0.717) is 21.9 Å². The van der Waals surface area contributed by atoms with Crippen molar-refractivity contribution in [3.05, 3.63) is 43.7 Å². The monoisotopic (exact) mass is 366 g/mol. The number of fused-ring (bicyclic) bond motifs is 1. The van der Waals surface area contributed by atoms with Gasteiger partial charge in [-0.25, -0.2) is 0 Å². The van der Waals surface area contributed by atoms with Crippen molar-refractivity contribution >= 4 is 45.4 Å². The maximum Gasteiger partial charge on any atom is 0.256 e. The summed E-state index contributed by atoms with van der Waals surface area (Å²) in [6, 6.07) is 5.19. The number of halogens is 2. The Hall–Kier alpha value is -1.74. The van der Waals surface area contributed by atoms with Crippen LogP contribution in [0.1, 0.15) is 32.8 Å². The summed E-state index contributed by atoms with van der Waals surface area (Å²) in [5, 5.41) is 13.3. The van der Waals surface area contributed by atoms with Gasteiger partial charge in [-0.1, -0.05) is 23.2 Å². The average Bonchev–Trinajstić information content (AvgIpc) is 3.07. The standard InChI is InChI=1S/C16H12Cl2N2O2S/c1-22-14-11(17)5-8(6-12(14)18)15(21)20-16-10(7-19)9-3-2-4-13(9)23-16/h5-6H,2-4H2,1H3,(H,20,21). The predicted molar refractivity (Wildman–Crippen MR) is 92.0 cm³/mol. The van der Waals surface area contributed by atoms with Crippen molar-refractivity contribution in [3.8, 4) is 11.8 Å². The van der Waals surface area contributed by atoms with Gasteiger partial charge in [-0.2, -0.15) is 5.26 Å². The maximum absolute atomic E-state index is 12.4. The van der Waals surface area contributed by atoms with Crippen LogP contribution in [0.3, 0.4) is 0 Å². The lowest BCUT2D eigenvalue weighted by Crippen LogP contribution is -2.12. The van der Waals surface area contributed by atoms with Crippen molar-refractivity contribution in [1.29, 1.82) is 5.26 Å². The van der Waals surface area contributed by atoms with Crippen LogP contribution in [0.4, 0.5) is 5.00 Å². The number of nitriles is 1. The molecule has 0 saturated heterocycles. The highest BCUT2D eigenvalue weighted by Gasteiger charge is 2.23. The number of anilines is 1. The Bertz CT molecular complexity index is 816. The topological polar surface area (TPSA) is 62.1 Å². The number of hydrogen-bond acceptors (Lipinski definition) is 4. The van der Waals surface area contributed by atoms with E-state index in [2.05, 4.69) is 11.4 Å².